The second-order valence-corrected chi connectivity index (χ2v) is 7.00. The summed E-state index contributed by atoms with van der Waals surface area (Å²) >= 11 is 6.07. The largest absolute Gasteiger partial charge is 0.393 e. The zero-order chi connectivity index (χ0) is 16.7. The summed E-state index contributed by atoms with van der Waals surface area (Å²) in [4.78, 5) is 14.9. The third-order valence-electron chi connectivity index (χ3n) is 5.18. The highest BCUT2D eigenvalue weighted by Crippen LogP contribution is 2.33. The first-order valence-electron chi connectivity index (χ1n) is 8.35. The number of rotatable bonds is 2. The molecule has 2 fully saturated rings. The van der Waals surface area contributed by atoms with E-state index < -0.39 is 0 Å². The molecular formula is C17H20ClN3O3. The zero-order valence-corrected chi connectivity index (χ0v) is 14.0. The first-order chi connectivity index (χ1) is 11.6. The number of hydrogen-bond acceptors (Lipinski definition) is 4. The van der Waals surface area contributed by atoms with E-state index in [1.807, 2.05) is 11.0 Å². The lowest BCUT2D eigenvalue weighted by atomic mass is 9.94. The minimum atomic E-state index is -0.364. The van der Waals surface area contributed by atoms with Crippen LogP contribution in [-0.2, 0) is 4.74 Å². The van der Waals surface area contributed by atoms with Gasteiger partial charge in [0.05, 0.1) is 30.9 Å². The summed E-state index contributed by atoms with van der Waals surface area (Å²) < 4.78 is 5.59. The van der Waals surface area contributed by atoms with Gasteiger partial charge in [-0.25, -0.2) is 0 Å². The number of carbonyl (C=O) groups is 1. The van der Waals surface area contributed by atoms with Gasteiger partial charge in [0.25, 0.3) is 5.91 Å². The van der Waals surface area contributed by atoms with E-state index in [1.165, 1.54) is 0 Å². The Hall–Kier alpha value is -1.63. The second kappa shape index (κ2) is 6.35. The summed E-state index contributed by atoms with van der Waals surface area (Å²) in [6.07, 6.45) is 2.35. The van der Waals surface area contributed by atoms with E-state index in [1.54, 1.807) is 12.1 Å². The molecule has 3 atom stereocenters. The van der Waals surface area contributed by atoms with Gasteiger partial charge < -0.3 is 14.7 Å². The van der Waals surface area contributed by atoms with Gasteiger partial charge in [-0.15, -0.1) is 0 Å². The van der Waals surface area contributed by atoms with Crippen molar-refractivity contribution in [1.82, 2.24) is 15.1 Å². The summed E-state index contributed by atoms with van der Waals surface area (Å²) in [5, 5.41) is 18.7. The van der Waals surface area contributed by atoms with E-state index in [9.17, 15) is 9.90 Å². The third-order valence-corrected chi connectivity index (χ3v) is 5.41. The van der Waals surface area contributed by atoms with Gasteiger partial charge in [-0.2, -0.15) is 5.10 Å². The number of hydrogen-bond donors (Lipinski definition) is 2. The molecule has 1 saturated carbocycles. The standard InChI is InChI=1S/C17H20ClN3O3/c18-10-4-5-13-12(8-10)16(20-19-13)17(23)21-6-7-24-9-14(21)11-2-1-3-15(11)22/h4-5,8,11,14-15,22H,1-3,6-7,9H2,(H,19,20). The summed E-state index contributed by atoms with van der Waals surface area (Å²) in [6.45, 7) is 1.49. The molecule has 0 radical (unpaired) electrons. The number of aromatic amines is 1. The Morgan fingerprint density at radius 3 is 3.08 bits per heavy atom. The third kappa shape index (κ3) is 2.68. The Balaban J connectivity index is 1.66. The Morgan fingerprint density at radius 1 is 1.42 bits per heavy atom. The van der Waals surface area contributed by atoms with E-state index in [4.69, 9.17) is 16.3 Å². The molecule has 24 heavy (non-hydrogen) atoms. The zero-order valence-electron chi connectivity index (χ0n) is 13.2. The van der Waals surface area contributed by atoms with Crippen molar-refractivity contribution in [3.05, 3.63) is 28.9 Å². The number of amides is 1. The summed E-state index contributed by atoms with van der Waals surface area (Å²) in [6, 6.07) is 5.24. The average molecular weight is 350 g/mol. The van der Waals surface area contributed by atoms with E-state index in [-0.39, 0.29) is 24.0 Å². The fourth-order valence-electron chi connectivity index (χ4n) is 3.93. The molecule has 128 valence electrons. The van der Waals surface area contributed by atoms with Gasteiger partial charge in [0, 0.05) is 22.9 Å². The number of morpholine rings is 1. The van der Waals surface area contributed by atoms with Gasteiger partial charge >= 0.3 is 0 Å². The minimum Gasteiger partial charge on any atom is -0.393 e. The highest BCUT2D eigenvalue weighted by atomic mass is 35.5. The second-order valence-electron chi connectivity index (χ2n) is 6.57. The maximum Gasteiger partial charge on any atom is 0.275 e. The molecule has 1 saturated heterocycles. The normalized spacial score (nSPS) is 27.8. The van der Waals surface area contributed by atoms with Crippen LogP contribution in [0.15, 0.2) is 18.2 Å². The van der Waals surface area contributed by atoms with Crippen molar-refractivity contribution in [2.45, 2.75) is 31.4 Å². The van der Waals surface area contributed by atoms with Crippen molar-refractivity contribution < 1.29 is 14.6 Å². The Labute approximate surface area is 144 Å². The smallest absolute Gasteiger partial charge is 0.275 e. The maximum atomic E-state index is 13.1. The molecule has 2 heterocycles. The summed E-state index contributed by atoms with van der Waals surface area (Å²) in [5.41, 5.74) is 1.17. The lowest BCUT2D eigenvalue weighted by Gasteiger charge is -2.39. The molecule has 2 aliphatic rings. The van der Waals surface area contributed by atoms with Gasteiger partial charge in [-0.1, -0.05) is 18.0 Å². The molecule has 2 aromatic rings. The predicted molar refractivity (Wildman–Crippen MR) is 90.1 cm³/mol. The molecule has 1 aliphatic heterocycles. The SMILES string of the molecule is O=C(c1n[nH]c2ccc(Cl)cc12)N1CCOCC1C1CCCC1O. The molecule has 4 rings (SSSR count). The number of nitrogens with zero attached hydrogens (tertiary/aromatic N) is 2. The van der Waals surface area contributed by atoms with E-state index in [2.05, 4.69) is 10.2 Å². The number of ether oxygens (including phenoxy) is 1. The van der Waals surface area contributed by atoms with Crippen LogP contribution < -0.4 is 0 Å². The van der Waals surface area contributed by atoms with E-state index in [0.717, 1.165) is 30.2 Å². The van der Waals surface area contributed by atoms with Crippen molar-refractivity contribution in [1.29, 1.82) is 0 Å². The molecule has 1 aliphatic carbocycles. The molecule has 0 bridgehead atoms. The number of halogens is 1. The van der Waals surface area contributed by atoms with Crippen LogP contribution in [0.4, 0.5) is 0 Å². The number of aliphatic hydroxyl groups is 1. The molecule has 1 aromatic heterocycles. The number of benzene rings is 1. The molecule has 2 N–H and O–H groups in total. The first kappa shape index (κ1) is 15.9. The van der Waals surface area contributed by atoms with Gasteiger partial charge in [0.1, 0.15) is 0 Å². The molecule has 6 nitrogen and oxygen atoms in total. The summed E-state index contributed by atoms with van der Waals surface area (Å²) in [7, 11) is 0. The number of nitrogens with one attached hydrogen (secondary N) is 1. The Kier molecular flexibility index (Phi) is 4.20. The topological polar surface area (TPSA) is 78.5 Å². The summed E-state index contributed by atoms with van der Waals surface area (Å²) in [5.74, 6) is -0.0565. The average Bonchev–Trinajstić information content (AvgIpc) is 3.20. The molecule has 3 unspecified atom stereocenters. The van der Waals surface area contributed by atoms with Gasteiger partial charge in [-0.05, 0) is 31.0 Å². The number of aliphatic hydroxyl groups excluding tert-OH is 1. The first-order valence-corrected chi connectivity index (χ1v) is 8.73. The highest BCUT2D eigenvalue weighted by molar-refractivity contribution is 6.31. The predicted octanol–water partition coefficient (Wildman–Crippen LogP) is 2.22. The van der Waals surface area contributed by atoms with E-state index >= 15 is 0 Å². The Bertz CT molecular complexity index is 763. The van der Waals surface area contributed by atoms with Crippen LogP contribution in [0, 0.1) is 5.92 Å². The van der Waals surface area contributed by atoms with Gasteiger partial charge in [0.15, 0.2) is 5.69 Å². The van der Waals surface area contributed by atoms with Crippen molar-refractivity contribution >= 4 is 28.4 Å². The number of carbonyl (C=O) groups excluding carboxylic acids is 1. The van der Waals surface area contributed by atoms with E-state index in [0.29, 0.717) is 30.5 Å². The minimum absolute atomic E-state index is 0.0723. The van der Waals surface area contributed by atoms with Crippen molar-refractivity contribution in [2.75, 3.05) is 19.8 Å². The number of fused-ring (bicyclic) bond motifs is 1. The molecule has 7 heteroatoms. The highest BCUT2D eigenvalue weighted by Gasteiger charge is 2.40. The van der Waals surface area contributed by atoms with Crippen LogP contribution in [0.3, 0.4) is 0 Å². The quantitative estimate of drug-likeness (QED) is 0.871. The fourth-order valence-corrected chi connectivity index (χ4v) is 4.11. The fraction of sp³-hybridized carbons (Fsp3) is 0.529. The lowest BCUT2D eigenvalue weighted by molar-refractivity contribution is -0.0384. The lowest BCUT2D eigenvalue weighted by Crippen LogP contribution is -2.53. The van der Waals surface area contributed by atoms with Crippen LogP contribution in [0.2, 0.25) is 5.02 Å². The van der Waals surface area contributed by atoms with Crippen LogP contribution in [0.1, 0.15) is 29.8 Å². The molecule has 1 amide bonds. The van der Waals surface area contributed by atoms with Gasteiger partial charge in [0.2, 0.25) is 0 Å². The molecular weight excluding hydrogens is 330 g/mol. The van der Waals surface area contributed by atoms with Crippen LogP contribution in [0.25, 0.3) is 10.9 Å². The van der Waals surface area contributed by atoms with Gasteiger partial charge in [-0.3, -0.25) is 9.89 Å². The van der Waals surface area contributed by atoms with Crippen molar-refractivity contribution in [3.8, 4) is 0 Å². The van der Waals surface area contributed by atoms with Crippen molar-refractivity contribution in [3.63, 3.8) is 0 Å². The number of H-pyrrole nitrogens is 1. The molecule has 0 spiro atoms. The van der Waals surface area contributed by atoms with Crippen LogP contribution >= 0.6 is 11.6 Å². The van der Waals surface area contributed by atoms with Crippen LogP contribution in [0.5, 0.6) is 0 Å². The molecule has 1 aromatic carbocycles. The van der Waals surface area contributed by atoms with Crippen molar-refractivity contribution in [2.24, 2.45) is 5.92 Å². The number of aromatic nitrogens is 2. The Morgan fingerprint density at radius 2 is 2.29 bits per heavy atom. The monoisotopic (exact) mass is 349 g/mol. The maximum absolute atomic E-state index is 13.1. The van der Waals surface area contributed by atoms with Crippen LogP contribution in [-0.4, -0.2) is 58.0 Å².